The van der Waals surface area contributed by atoms with Crippen molar-refractivity contribution in [3.8, 4) is 5.75 Å². The van der Waals surface area contributed by atoms with E-state index < -0.39 is 0 Å². The van der Waals surface area contributed by atoms with Crippen LogP contribution in [-0.2, 0) is 13.2 Å². The van der Waals surface area contributed by atoms with Crippen molar-refractivity contribution in [2.75, 3.05) is 0 Å². The highest BCUT2D eigenvalue weighted by Gasteiger charge is 2.11. The van der Waals surface area contributed by atoms with Gasteiger partial charge in [-0.15, -0.1) is 0 Å². The summed E-state index contributed by atoms with van der Waals surface area (Å²) in [5, 5.41) is 4.42. The number of hydrogen-bond acceptors (Lipinski definition) is 3. The zero-order valence-corrected chi connectivity index (χ0v) is 13.6. The van der Waals surface area contributed by atoms with Crippen LogP contribution in [-0.4, -0.2) is 9.78 Å². The molecule has 5 heteroatoms. The van der Waals surface area contributed by atoms with Crippen molar-refractivity contribution in [3.05, 3.63) is 45.7 Å². The highest BCUT2D eigenvalue weighted by Crippen LogP contribution is 2.28. The molecule has 2 aromatic rings. The first-order valence-electron chi connectivity index (χ1n) is 6.72. The second kappa shape index (κ2) is 6.41. The Morgan fingerprint density at radius 1 is 1.40 bits per heavy atom. The quantitative estimate of drug-likeness (QED) is 0.907. The first-order chi connectivity index (χ1) is 9.51. The third-order valence-electron chi connectivity index (χ3n) is 3.13. The number of rotatable bonds is 5. The SMILES string of the molecule is CCn1nc(C)cc1COc1cc(Br)ccc1[C@@H](C)N. The molecule has 0 aliphatic rings. The molecular weight excluding hydrogens is 318 g/mol. The maximum atomic E-state index is 5.98. The molecule has 0 spiro atoms. The van der Waals surface area contributed by atoms with Crippen LogP contribution in [0.1, 0.15) is 36.8 Å². The summed E-state index contributed by atoms with van der Waals surface area (Å²) >= 11 is 3.47. The number of nitrogens with two attached hydrogens (primary N) is 1. The van der Waals surface area contributed by atoms with Crippen LogP contribution < -0.4 is 10.5 Å². The topological polar surface area (TPSA) is 53.1 Å². The van der Waals surface area contributed by atoms with Crippen LogP contribution in [0, 0.1) is 6.92 Å². The van der Waals surface area contributed by atoms with Gasteiger partial charge in [-0.3, -0.25) is 4.68 Å². The van der Waals surface area contributed by atoms with Gasteiger partial charge in [-0.25, -0.2) is 0 Å². The van der Waals surface area contributed by atoms with Gasteiger partial charge in [-0.05, 0) is 39.0 Å². The first kappa shape index (κ1) is 15.1. The third kappa shape index (κ3) is 3.41. The van der Waals surface area contributed by atoms with E-state index in [2.05, 4.69) is 28.0 Å². The van der Waals surface area contributed by atoms with Crippen molar-refractivity contribution >= 4 is 15.9 Å². The maximum absolute atomic E-state index is 5.98. The number of aromatic nitrogens is 2. The Balaban J connectivity index is 2.20. The zero-order chi connectivity index (χ0) is 14.7. The fourth-order valence-corrected chi connectivity index (χ4v) is 2.49. The van der Waals surface area contributed by atoms with Crippen LogP contribution in [0.2, 0.25) is 0 Å². The summed E-state index contributed by atoms with van der Waals surface area (Å²) in [6, 6.07) is 7.92. The number of ether oxygens (including phenoxy) is 1. The number of nitrogens with zero attached hydrogens (tertiary/aromatic N) is 2. The molecule has 20 heavy (non-hydrogen) atoms. The average molecular weight is 338 g/mol. The lowest BCUT2D eigenvalue weighted by molar-refractivity contribution is 0.288. The van der Waals surface area contributed by atoms with Crippen molar-refractivity contribution < 1.29 is 4.74 Å². The molecule has 0 radical (unpaired) electrons. The van der Waals surface area contributed by atoms with Gasteiger partial charge >= 0.3 is 0 Å². The molecule has 0 saturated carbocycles. The Morgan fingerprint density at radius 2 is 2.15 bits per heavy atom. The largest absolute Gasteiger partial charge is 0.487 e. The van der Waals surface area contributed by atoms with Gasteiger partial charge in [0.05, 0.1) is 11.4 Å². The van der Waals surface area contributed by atoms with Crippen LogP contribution in [0.15, 0.2) is 28.7 Å². The molecule has 0 bridgehead atoms. The molecule has 1 aromatic carbocycles. The van der Waals surface area contributed by atoms with Gasteiger partial charge in [0, 0.05) is 22.6 Å². The molecule has 108 valence electrons. The minimum absolute atomic E-state index is 0.0593. The lowest BCUT2D eigenvalue weighted by Gasteiger charge is -2.14. The van der Waals surface area contributed by atoms with Gasteiger partial charge in [0.25, 0.3) is 0 Å². The molecule has 1 heterocycles. The second-order valence-electron chi connectivity index (χ2n) is 4.85. The molecule has 0 aliphatic carbocycles. The summed E-state index contributed by atoms with van der Waals surface area (Å²) in [5.41, 5.74) is 9.06. The molecule has 0 aliphatic heterocycles. The van der Waals surface area contributed by atoms with E-state index in [1.807, 2.05) is 42.8 Å². The van der Waals surface area contributed by atoms with E-state index in [9.17, 15) is 0 Å². The summed E-state index contributed by atoms with van der Waals surface area (Å²) < 4.78 is 8.89. The fourth-order valence-electron chi connectivity index (χ4n) is 2.15. The van der Waals surface area contributed by atoms with Gasteiger partial charge < -0.3 is 10.5 Å². The molecule has 4 nitrogen and oxygen atoms in total. The highest BCUT2D eigenvalue weighted by molar-refractivity contribution is 9.10. The van der Waals surface area contributed by atoms with Crippen molar-refractivity contribution in [3.63, 3.8) is 0 Å². The van der Waals surface area contributed by atoms with Gasteiger partial charge in [-0.1, -0.05) is 22.0 Å². The maximum Gasteiger partial charge on any atom is 0.130 e. The van der Waals surface area contributed by atoms with E-state index >= 15 is 0 Å². The predicted octanol–water partition coefficient (Wildman–Crippen LogP) is 3.57. The molecule has 1 atom stereocenters. The molecule has 0 unspecified atom stereocenters. The fraction of sp³-hybridized carbons (Fsp3) is 0.400. The van der Waals surface area contributed by atoms with Crippen molar-refractivity contribution in [2.24, 2.45) is 5.73 Å². The van der Waals surface area contributed by atoms with E-state index in [4.69, 9.17) is 10.5 Å². The molecule has 0 fully saturated rings. The third-order valence-corrected chi connectivity index (χ3v) is 3.62. The smallest absolute Gasteiger partial charge is 0.130 e. The van der Waals surface area contributed by atoms with Crippen molar-refractivity contribution in [1.29, 1.82) is 0 Å². The Bertz CT molecular complexity index is 593. The standard InChI is InChI=1S/C15H20BrN3O/c1-4-19-13(7-10(2)18-19)9-20-15-8-12(16)5-6-14(15)11(3)17/h5-8,11H,4,9,17H2,1-3H3/t11-/m1/s1. The van der Waals surface area contributed by atoms with E-state index in [0.29, 0.717) is 6.61 Å². The molecular formula is C15H20BrN3O. The van der Waals surface area contributed by atoms with Gasteiger partial charge in [0.2, 0.25) is 0 Å². The summed E-state index contributed by atoms with van der Waals surface area (Å²) in [4.78, 5) is 0. The average Bonchev–Trinajstić information content (AvgIpc) is 2.76. The molecule has 1 aromatic heterocycles. The number of hydrogen-bond donors (Lipinski definition) is 1. The Hall–Kier alpha value is -1.33. The van der Waals surface area contributed by atoms with Crippen molar-refractivity contribution in [1.82, 2.24) is 9.78 Å². The molecule has 0 amide bonds. The van der Waals surface area contributed by atoms with E-state index in [1.54, 1.807) is 0 Å². The lowest BCUT2D eigenvalue weighted by Crippen LogP contribution is -2.10. The summed E-state index contributed by atoms with van der Waals surface area (Å²) in [6.45, 7) is 7.34. The Kier molecular flexibility index (Phi) is 4.83. The molecule has 2 rings (SSSR count). The highest BCUT2D eigenvalue weighted by atomic mass is 79.9. The summed E-state index contributed by atoms with van der Waals surface area (Å²) in [7, 11) is 0. The van der Waals surface area contributed by atoms with Crippen LogP contribution in [0.25, 0.3) is 0 Å². The number of aryl methyl sites for hydroxylation is 2. The van der Waals surface area contributed by atoms with Crippen LogP contribution in [0.3, 0.4) is 0 Å². The van der Waals surface area contributed by atoms with Crippen molar-refractivity contribution in [2.45, 2.75) is 40.0 Å². The van der Waals surface area contributed by atoms with Gasteiger partial charge in [0.1, 0.15) is 12.4 Å². The normalized spacial score (nSPS) is 12.4. The van der Waals surface area contributed by atoms with Crippen LogP contribution in [0.5, 0.6) is 5.75 Å². The summed E-state index contributed by atoms with van der Waals surface area (Å²) in [5.74, 6) is 0.816. The van der Waals surface area contributed by atoms with Crippen LogP contribution >= 0.6 is 15.9 Å². The minimum atomic E-state index is -0.0593. The van der Waals surface area contributed by atoms with Gasteiger partial charge in [0.15, 0.2) is 0 Å². The zero-order valence-electron chi connectivity index (χ0n) is 12.1. The van der Waals surface area contributed by atoms with Crippen LogP contribution in [0.4, 0.5) is 0 Å². The molecule has 2 N–H and O–H groups in total. The van der Waals surface area contributed by atoms with E-state index in [1.165, 1.54) is 0 Å². The first-order valence-corrected chi connectivity index (χ1v) is 7.51. The summed E-state index contributed by atoms with van der Waals surface area (Å²) in [6.07, 6.45) is 0. The number of benzene rings is 1. The Morgan fingerprint density at radius 3 is 2.80 bits per heavy atom. The molecule has 0 saturated heterocycles. The predicted molar refractivity (Wildman–Crippen MR) is 83.7 cm³/mol. The second-order valence-corrected chi connectivity index (χ2v) is 5.77. The van der Waals surface area contributed by atoms with Gasteiger partial charge in [-0.2, -0.15) is 5.10 Å². The Labute approximate surface area is 128 Å². The van der Waals surface area contributed by atoms with E-state index in [0.717, 1.165) is 33.7 Å². The number of halogens is 1. The lowest BCUT2D eigenvalue weighted by atomic mass is 10.1. The van der Waals surface area contributed by atoms with E-state index in [-0.39, 0.29) is 6.04 Å². The monoisotopic (exact) mass is 337 g/mol. The minimum Gasteiger partial charge on any atom is -0.487 e.